The first-order chi connectivity index (χ1) is 15.0. The van der Waals surface area contributed by atoms with Gasteiger partial charge in [-0.2, -0.15) is 0 Å². The monoisotopic (exact) mass is 419 g/mol. The van der Waals surface area contributed by atoms with E-state index in [0.29, 0.717) is 18.7 Å². The third kappa shape index (κ3) is 4.99. The van der Waals surface area contributed by atoms with Crippen molar-refractivity contribution in [2.24, 2.45) is 5.92 Å². The van der Waals surface area contributed by atoms with Gasteiger partial charge in [0, 0.05) is 25.2 Å². The molecule has 164 valence electrons. The predicted octanol–water partition coefficient (Wildman–Crippen LogP) is 3.93. The summed E-state index contributed by atoms with van der Waals surface area (Å²) >= 11 is 0. The molecule has 0 spiro atoms. The van der Waals surface area contributed by atoms with Gasteiger partial charge < -0.3 is 15.1 Å². The molecule has 5 nitrogen and oxygen atoms in total. The van der Waals surface area contributed by atoms with E-state index in [1.807, 2.05) is 55.5 Å². The van der Waals surface area contributed by atoms with E-state index in [-0.39, 0.29) is 11.8 Å². The van der Waals surface area contributed by atoms with Crippen LogP contribution in [0, 0.1) is 12.8 Å². The molecule has 0 aromatic heterocycles. The summed E-state index contributed by atoms with van der Waals surface area (Å²) in [6, 6.07) is 15.1. The van der Waals surface area contributed by atoms with Gasteiger partial charge >= 0.3 is 0 Å². The summed E-state index contributed by atoms with van der Waals surface area (Å²) < 4.78 is 0. The first kappa shape index (κ1) is 21.6. The van der Waals surface area contributed by atoms with Crippen LogP contribution in [0.4, 0.5) is 0 Å². The Balaban J connectivity index is 1.41. The van der Waals surface area contributed by atoms with Crippen molar-refractivity contribution in [1.82, 2.24) is 15.1 Å². The van der Waals surface area contributed by atoms with Crippen LogP contribution in [0.15, 0.2) is 48.5 Å². The Hall–Kier alpha value is -2.66. The number of amides is 2. The van der Waals surface area contributed by atoms with Crippen LogP contribution in [0.5, 0.6) is 0 Å². The van der Waals surface area contributed by atoms with E-state index >= 15 is 0 Å². The topological polar surface area (TPSA) is 52.7 Å². The molecule has 1 fully saturated rings. The number of rotatable bonds is 7. The Bertz CT molecular complexity index is 925. The van der Waals surface area contributed by atoms with Gasteiger partial charge in [-0.1, -0.05) is 55.0 Å². The van der Waals surface area contributed by atoms with Crippen molar-refractivity contribution in [1.29, 1.82) is 0 Å². The van der Waals surface area contributed by atoms with E-state index in [0.717, 1.165) is 43.1 Å². The summed E-state index contributed by atoms with van der Waals surface area (Å²) in [5.41, 5.74) is 3.65. The molecule has 2 atom stereocenters. The number of carbonyl (C=O) groups excluding carboxylic acids is 2. The van der Waals surface area contributed by atoms with Crippen molar-refractivity contribution < 1.29 is 9.59 Å². The highest BCUT2D eigenvalue weighted by molar-refractivity contribution is 6.04. The van der Waals surface area contributed by atoms with Gasteiger partial charge in [-0.05, 0) is 62.4 Å². The molecule has 2 heterocycles. The molecule has 2 aromatic rings. The Kier molecular flexibility index (Phi) is 6.71. The van der Waals surface area contributed by atoms with E-state index in [1.165, 1.54) is 18.4 Å². The minimum absolute atomic E-state index is 0.0707. The average molecular weight is 420 g/mol. The van der Waals surface area contributed by atoms with E-state index in [1.54, 1.807) is 4.90 Å². The number of benzene rings is 2. The number of nitrogens with one attached hydrogen (secondary N) is 1. The molecule has 4 rings (SSSR count). The third-order valence-electron chi connectivity index (χ3n) is 6.47. The van der Waals surface area contributed by atoms with Crippen LogP contribution in [-0.2, 0) is 11.3 Å². The zero-order chi connectivity index (χ0) is 21.8. The van der Waals surface area contributed by atoms with Crippen molar-refractivity contribution in [3.63, 3.8) is 0 Å². The van der Waals surface area contributed by atoms with Gasteiger partial charge in [0.2, 0.25) is 5.91 Å². The summed E-state index contributed by atoms with van der Waals surface area (Å²) in [7, 11) is 0. The maximum absolute atomic E-state index is 13.2. The molecule has 0 radical (unpaired) electrons. The normalized spacial score (nSPS) is 21.2. The minimum atomic E-state index is -0.569. The molecule has 0 bridgehead atoms. The second-order valence-electron chi connectivity index (χ2n) is 9.10. The lowest BCUT2D eigenvalue weighted by molar-refractivity contribution is -0.125. The minimum Gasteiger partial charge on any atom is -0.354 e. The molecule has 1 saturated heterocycles. The second-order valence-corrected chi connectivity index (χ2v) is 9.10. The summed E-state index contributed by atoms with van der Waals surface area (Å²) in [6.07, 6.45) is 3.51. The predicted molar refractivity (Wildman–Crippen MR) is 123 cm³/mol. The maximum atomic E-state index is 13.2. The van der Waals surface area contributed by atoms with Crippen LogP contribution < -0.4 is 5.32 Å². The lowest BCUT2D eigenvalue weighted by atomic mass is 10.0. The number of likely N-dealkylation sites (tertiary alicyclic amines) is 1. The Labute approximate surface area is 185 Å². The number of hydrogen-bond donors (Lipinski definition) is 1. The fraction of sp³-hybridized carbons (Fsp3) is 0.462. The molecule has 2 aliphatic heterocycles. The van der Waals surface area contributed by atoms with Gasteiger partial charge in [0.15, 0.2) is 0 Å². The van der Waals surface area contributed by atoms with Crippen LogP contribution in [-0.4, -0.2) is 47.8 Å². The highest BCUT2D eigenvalue weighted by Crippen LogP contribution is 2.35. The van der Waals surface area contributed by atoms with E-state index in [2.05, 4.69) is 17.1 Å². The van der Waals surface area contributed by atoms with Crippen molar-refractivity contribution in [3.8, 4) is 0 Å². The van der Waals surface area contributed by atoms with Crippen LogP contribution in [0.3, 0.4) is 0 Å². The highest BCUT2D eigenvalue weighted by Gasteiger charge is 2.40. The van der Waals surface area contributed by atoms with E-state index < -0.39 is 6.04 Å². The summed E-state index contributed by atoms with van der Waals surface area (Å²) in [4.78, 5) is 30.5. The Morgan fingerprint density at radius 1 is 1.13 bits per heavy atom. The van der Waals surface area contributed by atoms with E-state index in [4.69, 9.17) is 0 Å². The number of aryl methyl sites for hydroxylation is 1. The number of hydrogen-bond acceptors (Lipinski definition) is 3. The molecule has 2 amide bonds. The van der Waals surface area contributed by atoms with Crippen LogP contribution in [0.25, 0.3) is 0 Å². The zero-order valence-electron chi connectivity index (χ0n) is 18.6. The van der Waals surface area contributed by atoms with Gasteiger partial charge in [0.25, 0.3) is 5.91 Å². The molecular formula is C26H33N3O2. The van der Waals surface area contributed by atoms with Crippen molar-refractivity contribution in [3.05, 3.63) is 70.8 Å². The van der Waals surface area contributed by atoms with Gasteiger partial charge in [-0.25, -0.2) is 0 Å². The van der Waals surface area contributed by atoms with Crippen LogP contribution in [0.2, 0.25) is 0 Å². The average Bonchev–Trinajstić information content (AvgIpc) is 3.05. The quantitative estimate of drug-likeness (QED) is 0.692. The van der Waals surface area contributed by atoms with Crippen molar-refractivity contribution in [2.45, 2.75) is 45.7 Å². The molecule has 0 unspecified atom stereocenters. The maximum Gasteiger partial charge on any atom is 0.255 e. The summed E-state index contributed by atoms with van der Waals surface area (Å²) in [6.45, 7) is 8.74. The Morgan fingerprint density at radius 2 is 1.90 bits per heavy atom. The Morgan fingerprint density at radius 3 is 2.68 bits per heavy atom. The largest absolute Gasteiger partial charge is 0.354 e. The van der Waals surface area contributed by atoms with Crippen molar-refractivity contribution >= 4 is 11.8 Å². The molecule has 2 aromatic carbocycles. The van der Waals surface area contributed by atoms with Gasteiger partial charge in [0.05, 0.1) is 0 Å². The first-order valence-electron chi connectivity index (χ1n) is 11.5. The number of piperidine rings is 1. The fourth-order valence-corrected chi connectivity index (χ4v) is 4.81. The molecule has 2 aliphatic rings. The van der Waals surface area contributed by atoms with Gasteiger partial charge in [-0.15, -0.1) is 0 Å². The molecule has 1 N–H and O–H groups in total. The zero-order valence-corrected chi connectivity index (χ0v) is 18.6. The standard InChI is InChI=1S/C26H33N3O2/c1-19-10-12-21(13-11-19)18-29-24(22-8-3-4-9-23(22)26(29)31)25(30)27-14-6-16-28-15-5-7-20(2)17-28/h3-4,8-13,20,24H,5-7,14-18H2,1-2H3,(H,27,30)/t20-,24-/m0/s1. The highest BCUT2D eigenvalue weighted by atomic mass is 16.2. The fourth-order valence-electron chi connectivity index (χ4n) is 4.81. The molecule has 31 heavy (non-hydrogen) atoms. The summed E-state index contributed by atoms with van der Waals surface area (Å²) in [5.74, 6) is 0.607. The lowest BCUT2D eigenvalue weighted by Gasteiger charge is -2.30. The number of nitrogens with zero attached hydrogens (tertiary/aromatic N) is 2. The van der Waals surface area contributed by atoms with Crippen molar-refractivity contribution in [2.75, 3.05) is 26.2 Å². The summed E-state index contributed by atoms with van der Waals surface area (Å²) in [5, 5.41) is 3.10. The lowest BCUT2D eigenvalue weighted by Crippen LogP contribution is -2.40. The molecule has 0 saturated carbocycles. The second kappa shape index (κ2) is 9.65. The number of fused-ring (bicyclic) bond motifs is 1. The van der Waals surface area contributed by atoms with E-state index in [9.17, 15) is 9.59 Å². The number of carbonyl (C=O) groups is 2. The smallest absolute Gasteiger partial charge is 0.255 e. The van der Waals surface area contributed by atoms with Gasteiger partial charge in [0.1, 0.15) is 6.04 Å². The molecular weight excluding hydrogens is 386 g/mol. The SMILES string of the molecule is Cc1ccc(CN2C(=O)c3ccccc3[C@H]2C(=O)NCCCN2CCC[C@H](C)C2)cc1. The van der Waals surface area contributed by atoms with Crippen LogP contribution >= 0.6 is 0 Å². The molecule has 0 aliphatic carbocycles. The van der Waals surface area contributed by atoms with Gasteiger partial charge in [-0.3, -0.25) is 9.59 Å². The first-order valence-corrected chi connectivity index (χ1v) is 11.5. The molecule has 5 heteroatoms. The van der Waals surface area contributed by atoms with Crippen LogP contribution in [0.1, 0.15) is 59.3 Å². The third-order valence-corrected chi connectivity index (χ3v) is 6.47.